The van der Waals surface area contributed by atoms with Gasteiger partial charge in [0.2, 0.25) is 5.91 Å². The molecule has 27 heavy (non-hydrogen) atoms. The number of pyridine rings is 1. The minimum absolute atomic E-state index is 0.0763. The van der Waals surface area contributed by atoms with Crippen LogP contribution in [0.4, 0.5) is 5.13 Å². The van der Waals surface area contributed by atoms with Gasteiger partial charge in [-0.3, -0.25) is 19.6 Å². The number of piperazine rings is 1. The van der Waals surface area contributed by atoms with E-state index in [1.165, 1.54) is 17.4 Å². The maximum atomic E-state index is 11.2. The number of rotatable bonds is 6. The van der Waals surface area contributed by atoms with Crippen molar-refractivity contribution in [3.8, 4) is 0 Å². The third kappa shape index (κ3) is 5.34. The third-order valence-electron chi connectivity index (χ3n) is 5.13. The fourth-order valence-corrected chi connectivity index (χ4v) is 4.54. The van der Waals surface area contributed by atoms with Crippen LogP contribution in [0.2, 0.25) is 0 Å². The molecule has 6 nitrogen and oxygen atoms in total. The number of nitrogens with zero attached hydrogens (tertiary/aromatic N) is 4. The summed E-state index contributed by atoms with van der Waals surface area (Å²) in [5, 5.41) is 3.45. The van der Waals surface area contributed by atoms with E-state index in [0.717, 1.165) is 38.3 Å². The second-order valence-electron chi connectivity index (χ2n) is 7.34. The fraction of sp³-hybridized carbons (Fsp3) is 0.550. The van der Waals surface area contributed by atoms with E-state index in [-0.39, 0.29) is 5.91 Å². The van der Waals surface area contributed by atoms with E-state index in [1.54, 1.807) is 11.3 Å². The van der Waals surface area contributed by atoms with Crippen molar-refractivity contribution in [1.82, 2.24) is 19.8 Å². The highest BCUT2D eigenvalue weighted by Gasteiger charge is 2.31. The number of hydrogen-bond acceptors (Lipinski definition) is 6. The highest BCUT2D eigenvalue weighted by atomic mass is 32.1. The molecule has 1 amide bonds. The number of carbonyl (C=O) groups is 1. The van der Waals surface area contributed by atoms with E-state index in [0.29, 0.717) is 17.2 Å². The summed E-state index contributed by atoms with van der Waals surface area (Å²) in [6, 6.07) is 5.26. The van der Waals surface area contributed by atoms with Crippen LogP contribution in [0, 0.1) is 6.92 Å². The van der Waals surface area contributed by atoms with Gasteiger partial charge in [-0.2, -0.15) is 0 Å². The van der Waals surface area contributed by atoms with Crippen molar-refractivity contribution in [2.75, 3.05) is 25.0 Å². The van der Waals surface area contributed by atoms with Crippen LogP contribution in [-0.2, 0) is 17.8 Å². The molecule has 0 aromatic carbocycles. The number of aromatic nitrogens is 2. The van der Waals surface area contributed by atoms with E-state index in [4.69, 9.17) is 0 Å². The molecule has 0 saturated carbocycles. The molecule has 1 saturated heterocycles. The predicted molar refractivity (Wildman–Crippen MR) is 110 cm³/mol. The van der Waals surface area contributed by atoms with Crippen LogP contribution in [0.3, 0.4) is 0 Å². The first-order valence-electron chi connectivity index (χ1n) is 9.56. The van der Waals surface area contributed by atoms with Gasteiger partial charge in [-0.15, -0.1) is 11.3 Å². The Bertz CT molecular complexity index is 760. The third-order valence-corrected chi connectivity index (χ3v) is 6.03. The Hall–Kier alpha value is -1.83. The Morgan fingerprint density at radius 3 is 2.74 bits per heavy atom. The highest BCUT2D eigenvalue weighted by Crippen LogP contribution is 2.24. The monoisotopic (exact) mass is 387 g/mol. The molecular formula is C20H29N5OS. The molecule has 1 unspecified atom stereocenters. The smallest absolute Gasteiger partial charge is 0.223 e. The van der Waals surface area contributed by atoms with Crippen molar-refractivity contribution in [3.05, 3.63) is 40.7 Å². The number of hydrogen-bond donors (Lipinski definition) is 1. The van der Waals surface area contributed by atoms with Crippen molar-refractivity contribution >= 4 is 22.4 Å². The summed E-state index contributed by atoms with van der Waals surface area (Å²) in [6.45, 7) is 12.1. The van der Waals surface area contributed by atoms with E-state index < -0.39 is 0 Å². The molecule has 2 aromatic rings. The molecule has 1 fully saturated rings. The molecule has 0 bridgehead atoms. The zero-order valence-corrected chi connectivity index (χ0v) is 17.4. The number of aryl methyl sites for hydroxylation is 1. The lowest BCUT2D eigenvalue weighted by Gasteiger charge is -2.45. The van der Waals surface area contributed by atoms with Crippen LogP contribution in [0.1, 0.15) is 36.9 Å². The number of carbonyl (C=O) groups excluding carboxylic acids is 1. The SMILES string of the molecule is CCN1C[C@H](C)N(Cc2cnc(NC(C)=O)s2)CC1Cc1ccc(C)nc1. The number of likely N-dealkylation sites (N-methyl/N-ethyl adjacent to an activating group) is 1. The highest BCUT2D eigenvalue weighted by molar-refractivity contribution is 7.15. The van der Waals surface area contributed by atoms with Gasteiger partial charge in [-0.05, 0) is 38.4 Å². The predicted octanol–water partition coefficient (Wildman–Crippen LogP) is 2.94. The summed E-state index contributed by atoms with van der Waals surface area (Å²) in [5.74, 6) is -0.0763. The van der Waals surface area contributed by atoms with Gasteiger partial charge in [0.05, 0.1) is 0 Å². The maximum absolute atomic E-state index is 11.2. The van der Waals surface area contributed by atoms with Gasteiger partial charge in [-0.25, -0.2) is 4.98 Å². The Kier molecular flexibility index (Phi) is 6.57. The normalized spacial score (nSPS) is 21.3. The van der Waals surface area contributed by atoms with E-state index >= 15 is 0 Å². The zero-order chi connectivity index (χ0) is 19.4. The lowest BCUT2D eigenvalue weighted by Crippen LogP contribution is -2.57. The molecule has 7 heteroatoms. The van der Waals surface area contributed by atoms with Crippen molar-refractivity contribution < 1.29 is 4.79 Å². The summed E-state index contributed by atoms with van der Waals surface area (Å²) in [4.78, 5) is 26.3. The van der Waals surface area contributed by atoms with Gasteiger partial charge in [0.25, 0.3) is 0 Å². The molecule has 2 aromatic heterocycles. The average Bonchev–Trinajstić information content (AvgIpc) is 3.05. The standard InChI is InChI=1S/C20H29N5OS/c1-5-24-11-15(3)25(13-19-10-22-20(27-19)23-16(4)26)12-18(24)8-17-7-6-14(2)21-9-17/h6-7,9-10,15,18H,5,8,11-13H2,1-4H3,(H,22,23,26)/t15-,18?/m0/s1. The summed E-state index contributed by atoms with van der Waals surface area (Å²) >= 11 is 1.56. The number of anilines is 1. The fourth-order valence-electron chi connectivity index (χ4n) is 3.65. The van der Waals surface area contributed by atoms with Crippen LogP contribution >= 0.6 is 11.3 Å². The quantitative estimate of drug-likeness (QED) is 0.826. The van der Waals surface area contributed by atoms with Gasteiger partial charge in [0.1, 0.15) is 0 Å². The average molecular weight is 388 g/mol. The molecule has 1 aliphatic rings. The molecule has 3 rings (SSSR count). The van der Waals surface area contributed by atoms with Gasteiger partial charge in [0.15, 0.2) is 5.13 Å². The summed E-state index contributed by atoms with van der Waals surface area (Å²) in [6.07, 6.45) is 4.91. The summed E-state index contributed by atoms with van der Waals surface area (Å²) < 4.78 is 0. The van der Waals surface area contributed by atoms with Gasteiger partial charge in [0, 0.05) is 61.6 Å². The molecule has 1 N–H and O–H groups in total. The minimum atomic E-state index is -0.0763. The second-order valence-corrected chi connectivity index (χ2v) is 8.46. The number of amides is 1. The Morgan fingerprint density at radius 2 is 2.07 bits per heavy atom. The Morgan fingerprint density at radius 1 is 1.26 bits per heavy atom. The molecule has 2 atom stereocenters. The molecule has 3 heterocycles. The first kappa shape index (κ1) is 19.9. The number of thiazole rings is 1. The van der Waals surface area contributed by atoms with E-state index in [2.05, 4.69) is 51.1 Å². The lowest BCUT2D eigenvalue weighted by molar-refractivity contribution is -0.114. The van der Waals surface area contributed by atoms with Crippen molar-refractivity contribution in [2.45, 2.75) is 52.7 Å². The minimum Gasteiger partial charge on any atom is -0.302 e. The number of nitrogens with one attached hydrogen (secondary N) is 1. The van der Waals surface area contributed by atoms with Crippen LogP contribution < -0.4 is 5.32 Å². The molecule has 146 valence electrons. The lowest BCUT2D eigenvalue weighted by atomic mass is 10.0. The van der Waals surface area contributed by atoms with E-state index in [9.17, 15) is 4.79 Å². The largest absolute Gasteiger partial charge is 0.302 e. The molecule has 0 aliphatic carbocycles. The van der Waals surface area contributed by atoms with Crippen molar-refractivity contribution in [3.63, 3.8) is 0 Å². The first-order chi connectivity index (χ1) is 12.9. The van der Waals surface area contributed by atoms with Crippen LogP contribution in [0.25, 0.3) is 0 Å². The zero-order valence-electron chi connectivity index (χ0n) is 16.6. The van der Waals surface area contributed by atoms with Gasteiger partial charge >= 0.3 is 0 Å². The molecular weight excluding hydrogens is 358 g/mol. The van der Waals surface area contributed by atoms with E-state index in [1.807, 2.05) is 19.3 Å². The summed E-state index contributed by atoms with van der Waals surface area (Å²) in [5.41, 5.74) is 2.36. The molecule has 1 aliphatic heterocycles. The maximum Gasteiger partial charge on any atom is 0.223 e. The molecule has 0 radical (unpaired) electrons. The summed E-state index contributed by atoms with van der Waals surface area (Å²) in [7, 11) is 0. The van der Waals surface area contributed by atoms with Crippen LogP contribution in [0.5, 0.6) is 0 Å². The first-order valence-corrected chi connectivity index (χ1v) is 10.4. The Balaban J connectivity index is 1.67. The molecule has 0 spiro atoms. The van der Waals surface area contributed by atoms with Crippen LogP contribution in [-0.4, -0.2) is 57.4 Å². The van der Waals surface area contributed by atoms with Gasteiger partial charge in [-0.1, -0.05) is 13.0 Å². The second kappa shape index (κ2) is 8.91. The van der Waals surface area contributed by atoms with Crippen LogP contribution in [0.15, 0.2) is 24.5 Å². The topological polar surface area (TPSA) is 61.4 Å². The van der Waals surface area contributed by atoms with Crippen molar-refractivity contribution in [1.29, 1.82) is 0 Å². The van der Waals surface area contributed by atoms with Crippen molar-refractivity contribution in [2.24, 2.45) is 0 Å². The Labute approximate surface area is 165 Å². The van der Waals surface area contributed by atoms with Gasteiger partial charge < -0.3 is 5.32 Å².